The molecule has 5 rings (SSSR count). The molecule has 0 spiro atoms. The van der Waals surface area contributed by atoms with Crippen LogP contribution in [0.1, 0.15) is 76.7 Å². The molecule has 4 atom stereocenters. The second-order valence-corrected chi connectivity index (χ2v) is 13.4. The van der Waals surface area contributed by atoms with Gasteiger partial charge in [0.2, 0.25) is 0 Å². The fourth-order valence-corrected chi connectivity index (χ4v) is 6.82. The van der Waals surface area contributed by atoms with Crippen molar-refractivity contribution in [2.75, 3.05) is 38.0 Å². The van der Waals surface area contributed by atoms with Crippen molar-refractivity contribution in [1.82, 2.24) is 15.2 Å². The number of aromatic nitrogens is 1. The Morgan fingerprint density at radius 1 is 0.841 bits per heavy atom. The summed E-state index contributed by atoms with van der Waals surface area (Å²) in [5.41, 5.74) is 4.12. The average Bonchev–Trinajstić information content (AvgIpc) is 3.48. The molecule has 3 N–H and O–H groups in total. The van der Waals surface area contributed by atoms with Crippen LogP contribution >= 0.6 is 11.3 Å². The number of thiazole rings is 1. The van der Waals surface area contributed by atoms with E-state index in [0.717, 1.165) is 46.9 Å². The van der Waals surface area contributed by atoms with Crippen molar-refractivity contribution in [3.8, 4) is 10.6 Å². The number of nitrogens with zero attached hydrogens (tertiary/aromatic N) is 4. The van der Waals surface area contributed by atoms with Gasteiger partial charge in [0, 0.05) is 80.1 Å². The third-order valence-electron chi connectivity index (χ3n) is 8.31. The van der Waals surface area contributed by atoms with Crippen molar-refractivity contribution in [2.45, 2.75) is 90.4 Å². The SMILES string of the molecule is CC1CCCC(C)N1.CC1CCCC(C)N1C(=O)c1csc(-c2ccccc2N(C)C)n1.CN(C)c1ccccc1B(O)O. The van der Waals surface area contributed by atoms with E-state index >= 15 is 0 Å². The van der Waals surface area contributed by atoms with Crippen LogP contribution < -0.4 is 20.6 Å². The number of anilines is 2. The Balaban J connectivity index is 0.000000218. The number of hydrogen-bond donors (Lipinski definition) is 3. The highest BCUT2D eigenvalue weighted by atomic mass is 32.1. The molecule has 0 saturated carbocycles. The van der Waals surface area contributed by atoms with Crippen molar-refractivity contribution in [3.05, 3.63) is 59.6 Å². The summed E-state index contributed by atoms with van der Waals surface area (Å²) in [6.07, 6.45) is 7.50. The number of amides is 1. The van der Waals surface area contributed by atoms with Gasteiger partial charge < -0.3 is 30.1 Å². The molecule has 2 aliphatic rings. The van der Waals surface area contributed by atoms with Gasteiger partial charge in [-0.1, -0.05) is 36.8 Å². The van der Waals surface area contributed by atoms with Crippen molar-refractivity contribution in [1.29, 1.82) is 0 Å². The zero-order chi connectivity index (χ0) is 32.4. The lowest BCUT2D eigenvalue weighted by molar-refractivity contribution is 0.0505. The Labute approximate surface area is 269 Å². The Hall–Kier alpha value is -2.92. The molecule has 0 bridgehead atoms. The number of likely N-dealkylation sites (tertiary alicyclic amines) is 1. The fraction of sp³-hybridized carbons (Fsp3) is 0.529. The molecule has 1 amide bonds. The molecular weight excluding hydrogens is 569 g/mol. The predicted molar refractivity (Wildman–Crippen MR) is 187 cm³/mol. The Kier molecular flexibility index (Phi) is 13.7. The van der Waals surface area contributed by atoms with E-state index in [-0.39, 0.29) is 5.91 Å². The first-order chi connectivity index (χ1) is 20.9. The van der Waals surface area contributed by atoms with E-state index in [0.29, 0.717) is 23.2 Å². The first kappa shape index (κ1) is 35.6. The van der Waals surface area contributed by atoms with E-state index in [9.17, 15) is 4.79 Å². The van der Waals surface area contributed by atoms with Gasteiger partial charge in [-0.25, -0.2) is 4.98 Å². The van der Waals surface area contributed by atoms with Gasteiger partial charge in [-0.05, 0) is 78.0 Å². The lowest BCUT2D eigenvalue weighted by Gasteiger charge is -2.38. The minimum atomic E-state index is -1.40. The highest BCUT2D eigenvalue weighted by Gasteiger charge is 2.31. The molecule has 1 aromatic heterocycles. The summed E-state index contributed by atoms with van der Waals surface area (Å²) < 4.78 is 0. The zero-order valence-corrected chi connectivity index (χ0v) is 28.6. The summed E-state index contributed by atoms with van der Waals surface area (Å²) in [5.74, 6) is 0.0690. The summed E-state index contributed by atoms with van der Waals surface area (Å²) >= 11 is 1.54. The van der Waals surface area contributed by atoms with Crippen LogP contribution in [0.3, 0.4) is 0 Å². The summed E-state index contributed by atoms with van der Waals surface area (Å²) in [5, 5.41) is 24.2. The zero-order valence-electron chi connectivity index (χ0n) is 27.8. The second-order valence-electron chi connectivity index (χ2n) is 12.5. The Morgan fingerprint density at radius 3 is 1.86 bits per heavy atom. The highest BCUT2D eigenvalue weighted by molar-refractivity contribution is 7.13. The van der Waals surface area contributed by atoms with Gasteiger partial charge in [0.25, 0.3) is 5.91 Å². The van der Waals surface area contributed by atoms with Gasteiger partial charge in [0.1, 0.15) is 10.7 Å². The largest absolute Gasteiger partial charge is 0.490 e. The molecule has 2 saturated heterocycles. The maximum Gasteiger partial charge on any atom is 0.490 e. The molecule has 3 heterocycles. The van der Waals surface area contributed by atoms with Gasteiger partial charge in [-0.3, -0.25) is 4.79 Å². The van der Waals surface area contributed by atoms with E-state index < -0.39 is 7.12 Å². The third kappa shape index (κ3) is 9.79. The van der Waals surface area contributed by atoms with E-state index in [1.54, 1.807) is 23.5 Å². The van der Waals surface area contributed by atoms with Crippen LogP contribution in [0.5, 0.6) is 0 Å². The molecule has 3 aromatic rings. The molecule has 240 valence electrons. The molecule has 2 aliphatic heterocycles. The lowest BCUT2D eigenvalue weighted by atomic mass is 9.79. The number of carbonyl (C=O) groups excluding carboxylic acids is 1. The molecule has 8 nitrogen and oxygen atoms in total. The van der Waals surface area contributed by atoms with E-state index in [1.807, 2.05) is 67.6 Å². The Morgan fingerprint density at radius 2 is 1.36 bits per heavy atom. The second kappa shape index (κ2) is 17.0. The van der Waals surface area contributed by atoms with E-state index in [4.69, 9.17) is 10.0 Å². The van der Waals surface area contributed by atoms with Gasteiger partial charge in [-0.15, -0.1) is 11.3 Å². The number of para-hydroxylation sites is 2. The monoisotopic (exact) mass is 621 g/mol. The smallest absolute Gasteiger partial charge is 0.423 e. The van der Waals surface area contributed by atoms with Gasteiger partial charge in [0.05, 0.1) is 0 Å². The minimum absolute atomic E-state index is 0.0690. The third-order valence-corrected chi connectivity index (χ3v) is 9.18. The number of nitrogens with one attached hydrogen (secondary N) is 1. The maximum atomic E-state index is 12.9. The number of carbonyl (C=O) groups is 1. The summed E-state index contributed by atoms with van der Waals surface area (Å²) in [4.78, 5) is 23.5. The molecule has 44 heavy (non-hydrogen) atoms. The van der Waals surface area contributed by atoms with E-state index in [2.05, 4.69) is 55.0 Å². The number of hydrogen-bond acceptors (Lipinski definition) is 8. The standard InChI is InChI=1S/C19H25N3OS.C8H12BNO2.C7H15N/c1-13-8-7-9-14(2)22(13)19(23)16-12-24-18(20-16)15-10-5-6-11-17(15)21(3)4;1-10(2)8-6-4-3-5-7(8)9(11)12;1-6-4-3-5-7(2)8-6/h5-6,10-14H,7-9H2,1-4H3;3-6,11-12H,1-2H3;6-8H,3-5H2,1-2H3. The molecule has 2 fully saturated rings. The minimum Gasteiger partial charge on any atom is -0.423 e. The Bertz CT molecular complexity index is 1270. The quantitative estimate of drug-likeness (QED) is 0.336. The maximum absolute atomic E-state index is 12.9. The molecule has 0 aliphatic carbocycles. The van der Waals surface area contributed by atoms with Gasteiger partial charge in [0.15, 0.2) is 0 Å². The van der Waals surface area contributed by atoms with Crippen LogP contribution in [-0.2, 0) is 0 Å². The topological polar surface area (TPSA) is 92.2 Å². The van der Waals surface area contributed by atoms with Crippen LogP contribution in [0.15, 0.2) is 53.9 Å². The number of piperidine rings is 2. The van der Waals surface area contributed by atoms with Crippen molar-refractivity contribution >= 4 is 41.2 Å². The first-order valence-electron chi connectivity index (χ1n) is 15.8. The van der Waals surface area contributed by atoms with Crippen LogP contribution in [0.2, 0.25) is 0 Å². The predicted octanol–water partition coefficient (Wildman–Crippen LogP) is 5.25. The lowest BCUT2D eigenvalue weighted by Crippen LogP contribution is -2.47. The normalized spacial score (nSPS) is 21.3. The van der Waals surface area contributed by atoms with E-state index in [1.165, 1.54) is 25.7 Å². The van der Waals surface area contributed by atoms with Crippen LogP contribution in [-0.4, -0.2) is 85.3 Å². The average molecular weight is 622 g/mol. The van der Waals surface area contributed by atoms with Gasteiger partial charge in [-0.2, -0.15) is 0 Å². The summed E-state index contributed by atoms with van der Waals surface area (Å²) in [7, 11) is 6.37. The number of rotatable bonds is 5. The molecule has 10 heteroatoms. The van der Waals surface area contributed by atoms with Crippen LogP contribution in [0, 0.1) is 0 Å². The fourth-order valence-electron chi connectivity index (χ4n) is 5.99. The summed E-state index contributed by atoms with van der Waals surface area (Å²) in [6, 6.07) is 17.5. The first-order valence-corrected chi connectivity index (χ1v) is 16.7. The van der Waals surface area contributed by atoms with Crippen molar-refractivity contribution < 1.29 is 14.8 Å². The van der Waals surface area contributed by atoms with Crippen LogP contribution in [0.25, 0.3) is 10.6 Å². The number of benzene rings is 2. The molecule has 2 aromatic carbocycles. The summed E-state index contributed by atoms with van der Waals surface area (Å²) in [6.45, 7) is 8.80. The van der Waals surface area contributed by atoms with Crippen LogP contribution in [0.4, 0.5) is 11.4 Å². The van der Waals surface area contributed by atoms with Gasteiger partial charge >= 0.3 is 7.12 Å². The van der Waals surface area contributed by atoms with Crippen molar-refractivity contribution in [3.63, 3.8) is 0 Å². The molecule has 4 unspecified atom stereocenters. The molecular formula is C34H52BN5O3S. The van der Waals surface area contributed by atoms with Crippen molar-refractivity contribution in [2.24, 2.45) is 0 Å². The molecule has 0 radical (unpaired) electrons. The highest BCUT2D eigenvalue weighted by Crippen LogP contribution is 2.33.